The molecule has 2 aromatic carbocycles. The van der Waals surface area contributed by atoms with Crippen molar-refractivity contribution >= 4 is 23.5 Å². The summed E-state index contributed by atoms with van der Waals surface area (Å²) in [7, 11) is 0. The fraction of sp³-hybridized carbons (Fsp3) is 0.545. The molecular formula is C44H60CoN2O6. The van der Waals surface area contributed by atoms with E-state index < -0.39 is 35.6 Å². The molecule has 0 bridgehead atoms. The molecular weight excluding hydrogens is 711 g/mol. The Morgan fingerprint density at radius 1 is 0.604 bits per heavy atom. The first kappa shape index (κ1) is 43.7. The Bertz CT molecular complexity index is 1460. The third-order valence-corrected chi connectivity index (χ3v) is 11.1. The van der Waals surface area contributed by atoms with Crippen molar-refractivity contribution in [1.82, 2.24) is 10.6 Å². The molecule has 0 aliphatic heterocycles. The zero-order valence-electron chi connectivity index (χ0n) is 32.7. The monoisotopic (exact) mass is 771 g/mol. The number of carbonyl (C=O) groups excluding carboxylic acids is 4. The van der Waals surface area contributed by atoms with Gasteiger partial charge in [0.15, 0.2) is 11.6 Å². The van der Waals surface area contributed by atoms with E-state index in [-0.39, 0.29) is 52.0 Å². The summed E-state index contributed by atoms with van der Waals surface area (Å²) >= 11 is 0. The minimum Gasteiger partial charge on any atom is -0.458 e. The van der Waals surface area contributed by atoms with Crippen LogP contribution in [0.4, 0.5) is 0 Å². The molecule has 53 heavy (non-hydrogen) atoms. The van der Waals surface area contributed by atoms with Crippen molar-refractivity contribution in [3.05, 3.63) is 95.3 Å². The molecule has 2 N–H and O–H groups in total. The summed E-state index contributed by atoms with van der Waals surface area (Å²) in [5.74, 6) is -0.0595. The summed E-state index contributed by atoms with van der Waals surface area (Å²) in [4.78, 5) is 53.3. The molecule has 2 aromatic rings. The summed E-state index contributed by atoms with van der Waals surface area (Å²) in [5, 5.41) is 6.74. The Morgan fingerprint density at radius 3 is 1.25 bits per heavy atom. The number of ether oxygens (including phenoxy) is 2. The Labute approximate surface area is 327 Å². The predicted octanol–water partition coefficient (Wildman–Crippen LogP) is 8.60. The third-order valence-electron chi connectivity index (χ3n) is 11.1. The second kappa shape index (κ2) is 20.7. The van der Waals surface area contributed by atoms with Crippen LogP contribution in [-0.4, -0.2) is 35.7 Å². The molecule has 2 aliphatic carbocycles. The number of benzene rings is 2. The summed E-state index contributed by atoms with van der Waals surface area (Å²) in [6.45, 7) is 15.7. The van der Waals surface area contributed by atoms with E-state index in [9.17, 15) is 19.2 Å². The molecule has 4 rings (SSSR count). The minimum absolute atomic E-state index is 0. The van der Waals surface area contributed by atoms with Gasteiger partial charge in [-0.3, -0.25) is 9.59 Å². The molecule has 0 aromatic heterocycles. The molecule has 0 unspecified atom stereocenters. The van der Waals surface area contributed by atoms with E-state index in [0.29, 0.717) is 23.7 Å². The van der Waals surface area contributed by atoms with E-state index in [1.165, 1.54) is 26.2 Å². The molecule has 0 spiro atoms. The van der Waals surface area contributed by atoms with Gasteiger partial charge in [0.1, 0.15) is 23.4 Å². The summed E-state index contributed by atoms with van der Waals surface area (Å²) < 4.78 is 12.2. The van der Waals surface area contributed by atoms with Crippen LogP contribution in [0.15, 0.2) is 84.2 Å². The van der Waals surface area contributed by atoms with Gasteiger partial charge in [-0.2, -0.15) is 0 Å². The van der Waals surface area contributed by atoms with Gasteiger partial charge in [0.05, 0.1) is 12.1 Å². The fourth-order valence-corrected chi connectivity index (χ4v) is 7.95. The Kier molecular flexibility index (Phi) is 17.1. The van der Waals surface area contributed by atoms with Crippen LogP contribution >= 0.6 is 0 Å². The first-order valence-electron chi connectivity index (χ1n) is 19.2. The van der Waals surface area contributed by atoms with Crippen LogP contribution in [0.5, 0.6) is 0 Å². The smallest absolute Gasteiger partial charge is 0.343 e. The predicted molar refractivity (Wildman–Crippen MR) is 205 cm³/mol. The van der Waals surface area contributed by atoms with E-state index in [1.807, 2.05) is 60.7 Å². The molecule has 2 aliphatic rings. The molecule has 8 atom stereocenters. The number of Topliss-reactive ketones (excluding diaryl/α,β-unsaturated/α-hetero) is 2. The molecule has 291 valence electrons. The van der Waals surface area contributed by atoms with Gasteiger partial charge in [0.2, 0.25) is 0 Å². The maximum atomic E-state index is 13.7. The number of hydrogen-bond donors (Lipinski definition) is 2. The van der Waals surface area contributed by atoms with Crippen LogP contribution in [0.25, 0.3) is 0 Å². The number of nitrogens with one attached hydrogen (secondary N) is 2. The van der Waals surface area contributed by atoms with Gasteiger partial charge in [-0.25, -0.2) is 9.59 Å². The Morgan fingerprint density at radius 2 is 0.943 bits per heavy atom. The molecule has 0 amide bonds. The second-order valence-corrected chi connectivity index (χ2v) is 15.9. The third kappa shape index (κ3) is 12.2. The number of esters is 2. The molecule has 9 heteroatoms. The summed E-state index contributed by atoms with van der Waals surface area (Å²) in [5.41, 5.74) is 1.57. The van der Waals surface area contributed by atoms with Gasteiger partial charge in [-0.15, -0.1) is 0 Å². The minimum atomic E-state index is -0.640. The van der Waals surface area contributed by atoms with Crippen LogP contribution in [0, 0.1) is 35.5 Å². The van der Waals surface area contributed by atoms with Gasteiger partial charge in [0, 0.05) is 29.2 Å². The number of carbonyl (C=O) groups is 4. The van der Waals surface area contributed by atoms with Crippen molar-refractivity contribution < 1.29 is 45.4 Å². The van der Waals surface area contributed by atoms with E-state index in [1.54, 1.807) is 0 Å². The summed E-state index contributed by atoms with van der Waals surface area (Å²) in [6, 6.07) is 18.2. The van der Waals surface area contributed by atoms with Crippen LogP contribution in [-0.2, 0) is 45.4 Å². The van der Waals surface area contributed by atoms with E-state index >= 15 is 0 Å². The average molecular weight is 772 g/mol. The second-order valence-electron chi connectivity index (χ2n) is 15.9. The maximum absolute atomic E-state index is 13.7. The van der Waals surface area contributed by atoms with E-state index in [0.717, 1.165) is 49.7 Å². The molecule has 1 radical (unpaired) electrons. The number of hydrogen-bond acceptors (Lipinski definition) is 8. The van der Waals surface area contributed by atoms with Gasteiger partial charge < -0.3 is 20.1 Å². The zero-order valence-corrected chi connectivity index (χ0v) is 33.8. The number of rotatable bonds is 15. The van der Waals surface area contributed by atoms with E-state index in [2.05, 4.69) is 52.2 Å². The maximum Gasteiger partial charge on any atom is 0.343 e. The largest absolute Gasteiger partial charge is 0.458 e. The topological polar surface area (TPSA) is 111 Å². The first-order chi connectivity index (χ1) is 24.8. The Hall–Kier alpha value is -3.69. The van der Waals surface area contributed by atoms with Crippen molar-refractivity contribution in [2.45, 2.75) is 118 Å². The normalized spacial score (nSPS) is 24.7. The summed E-state index contributed by atoms with van der Waals surface area (Å²) in [6.07, 6.45) is 8.08. The van der Waals surface area contributed by atoms with Crippen LogP contribution in [0.2, 0.25) is 0 Å². The molecule has 0 heterocycles. The van der Waals surface area contributed by atoms with Crippen molar-refractivity contribution in [2.24, 2.45) is 35.5 Å². The molecule has 2 fully saturated rings. The van der Waals surface area contributed by atoms with Crippen molar-refractivity contribution in [3.8, 4) is 0 Å². The van der Waals surface area contributed by atoms with Gasteiger partial charge >= 0.3 is 11.9 Å². The zero-order chi connectivity index (χ0) is 37.9. The van der Waals surface area contributed by atoms with Crippen LogP contribution < -0.4 is 10.6 Å². The van der Waals surface area contributed by atoms with Gasteiger partial charge in [-0.05, 0) is 86.2 Å². The molecule has 0 saturated heterocycles. The van der Waals surface area contributed by atoms with Crippen LogP contribution in [0.1, 0.15) is 117 Å². The van der Waals surface area contributed by atoms with Gasteiger partial charge in [0.25, 0.3) is 0 Å². The average Bonchev–Trinajstić information content (AvgIpc) is 3.09. The standard InChI is InChI=1S/C44H60N2O6.Co/c1-27(2)35-21-19-29(5)23-39(35)51-43(49)37(31(7)47)25-45-41(33-15-11-9-12-16-33)42(34-17-13-10-14-18-34)46-26-38(32(8)48)44(50)52-40-24-30(6)20-22-36(40)28(3)4;/h9-18,25-30,35-36,39-42,45-46H,19-24H2,1-8H3;/b37-25+,38-26+;/t29-,30-,35+,36+,39-,40-,41+,42+;/m0./s1. The van der Waals surface area contributed by atoms with Crippen molar-refractivity contribution in [2.75, 3.05) is 0 Å². The van der Waals surface area contributed by atoms with Crippen molar-refractivity contribution in [3.63, 3.8) is 0 Å². The van der Waals surface area contributed by atoms with Gasteiger partial charge in [-0.1, -0.05) is 115 Å². The van der Waals surface area contributed by atoms with Crippen molar-refractivity contribution in [1.29, 1.82) is 0 Å². The fourth-order valence-electron chi connectivity index (χ4n) is 7.95. The molecule has 2 saturated carbocycles. The Balaban J connectivity index is 0.00000756. The SMILES string of the molecule is CC(=O)/C(=C\N[C@H](c1ccccc1)[C@H](N/C=C(\C(C)=O)C(=O)O[C@H]1C[C@@H](C)CC[C@@H]1C(C)C)c1ccccc1)C(=O)O[C@H]1C[C@@H](C)CC[C@@H]1C(C)C.[Co]. The first-order valence-corrected chi connectivity index (χ1v) is 19.2. The molecule has 8 nitrogen and oxygen atoms in total. The quantitative estimate of drug-likeness (QED) is 0.0802. The number of ketones is 2. The van der Waals surface area contributed by atoms with E-state index in [4.69, 9.17) is 9.47 Å². The van der Waals surface area contributed by atoms with Crippen LogP contribution in [0.3, 0.4) is 0 Å².